The van der Waals surface area contributed by atoms with E-state index in [1.165, 1.54) is 0 Å². The van der Waals surface area contributed by atoms with E-state index in [1.807, 2.05) is 0 Å². The summed E-state index contributed by atoms with van der Waals surface area (Å²) in [7, 11) is 0. The van der Waals surface area contributed by atoms with Crippen molar-refractivity contribution in [3.8, 4) is 0 Å². The summed E-state index contributed by atoms with van der Waals surface area (Å²) in [6.07, 6.45) is -4.87. The minimum absolute atomic E-state index is 0.105. The van der Waals surface area contributed by atoms with Gasteiger partial charge in [0.1, 0.15) is 0 Å². The summed E-state index contributed by atoms with van der Waals surface area (Å²) in [6.45, 7) is 0. The van der Waals surface area contributed by atoms with Gasteiger partial charge >= 0.3 is 18.1 Å². The lowest BCUT2D eigenvalue weighted by molar-refractivity contribution is -0.385. The fourth-order valence-electron chi connectivity index (χ4n) is 1.49. The summed E-state index contributed by atoms with van der Waals surface area (Å²) >= 11 is 0. The number of rotatable bonds is 4. The van der Waals surface area contributed by atoms with Crippen LogP contribution < -0.4 is 0 Å². The Kier molecular flexibility index (Phi) is 3.97. The third kappa shape index (κ3) is 3.02. The van der Waals surface area contributed by atoms with E-state index < -0.39 is 45.8 Å². The summed E-state index contributed by atoms with van der Waals surface area (Å²) in [5, 5.41) is 28.1. The monoisotopic (exact) mass is 293 g/mol. The molecule has 0 saturated carbocycles. The second-order valence-corrected chi connectivity index (χ2v) is 3.64. The summed E-state index contributed by atoms with van der Waals surface area (Å²) in [6, 6.07) is 0.975. The molecule has 0 heterocycles. The number of hydrogen-bond donors (Lipinski definition) is 2. The summed E-state index contributed by atoms with van der Waals surface area (Å²) in [4.78, 5) is 31.0. The molecule has 0 saturated heterocycles. The normalized spacial score (nSPS) is 11.4. The second kappa shape index (κ2) is 5.15. The van der Waals surface area contributed by atoms with Crippen molar-refractivity contribution < 1.29 is 37.9 Å². The minimum atomic E-state index is -4.87. The zero-order valence-electron chi connectivity index (χ0n) is 9.42. The lowest BCUT2D eigenvalue weighted by atomic mass is 9.96. The van der Waals surface area contributed by atoms with Crippen molar-refractivity contribution in [3.63, 3.8) is 0 Å². The molecule has 7 nitrogen and oxygen atoms in total. The molecule has 108 valence electrons. The smallest absolute Gasteiger partial charge is 0.416 e. The number of carbonyl (C=O) groups is 2. The lowest BCUT2D eigenvalue weighted by Gasteiger charge is -2.11. The number of nitrogens with zero attached hydrogens (tertiary/aromatic N) is 1. The van der Waals surface area contributed by atoms with Crippen molar-refractivity contribution in [2.24, 2.45) is 0 Å². The van der Waals surface area contributed by atoms with Crippen LogP contribution in [0, 0.1) is 10.1 Å². The predicted octanol–water partition coefficient (Wildman–Crippen LogP) is 1.87. The fraction of sp³-hybridized carbons (Fsp3) is 0.200. The van der Waals surface area contributed by atoms with Crippen LogP contribution in [-0.2, 0) is 15.8 Å². The van der Waals surface area contributed by atoms with Crippen LogP contribution in [0.3, 0.4) is 0 Å². The van der Waals surface area contributed by atoms with E-state index in [9.17, 15) is 32.9 Å². The highest BCUT2D eigenvalue weighted by molar-refractivity contribution is 6.00. The molecule has 1 rings (SSSR count). The van der Waals surface area contributed by atoms with Crippen LogP contribution in [0.2, 0.25) is 0 Å². The largest absolute Gasteiger partial charge is 0.480 e. The van der Waals surface area contributed by atoms with Gasteiger partial charge in [-0.3, -0.25) is 19.7 Å². The Morgan fingerprint density at radius 1 is 1.20 bits per heavy atom. The third-order valence-electron chi connectivity index (χ3n) is 2.36. The van der Waals surface area contributed by atoms with Crippen molar-refractivity contribution >= 4 is 17.6 Å². The molecule has 0 spiro atoms. The molecule has 0 aliphatic carbocycles. The number of hydrogen-bond acceptors (Lipinski definition) is 4. The first-order valence-corrected chi connectivity index (χ1v) is 4.87. The van der Waals surface area contributed by atoms with Gasteiger partial charge in [-0.2, -0.15) is 13.2 Å². The van der Waals surface area contributed by atoms with Gasteiger partial charge in [0.05, 0.1) is 16.1 Å². The van der Waals surface area contributed by atoms with Gasteiger partial charge < -0.3 is 10.2 Å². The standard InChI is InChI=1S/C10H6F3NO6/c11-10(12,13)4-1-2-5(6(3-4)14(19)20)7(8(15)16)9(17)18/h1-3,7H,(H,15,16)(H,17,18). The third-order valence-corrected chi connectivity index (χ3v) is 2.36. The Morgan fingerprint density at radius 2 is 1.70 bits per heavy atom. The fourth-order valence-corrected chi connectivity index (χ4v) is 1.49. The Balaban J connectivity index is 3.52. The topological polar surface area (TPSA) is 118 Å². The Labute approximate surface area is 108 Å². The molecule has 0 bridgehead atoms. The van der Waals surface area contributed by atoms with Gasteiger partial charge in [-0.15, -0.1) is 0 Å². The van der Waals surface area contributed by atoms with Gasteiger partial charge in [0.2, 0.25) is 0 Å². The first kappa shape index (κ1) is 15.4. The van der Waals surface area contributed by atoms with E-state index in [2.05, 4.69) is 0 Å². The highest BCUT2D eigenvalue weighted by Crippen LogP contribution is 2.35. The molecule has 0 aliphatic heterocycles. The number of carboxylic acids is 2. The Morgan fingerprint density at radius 3 is 2.05 bits per heavy atom. The van der Waals surface area contributed by atoms with Crippen LogP contribution in [0.1, 0.15) is 17.0 Å². The summed E-state index contributed by atoms with van der Waals surface area (Å²) in [5.41, 5.74) is -3.42. The second-order valence-electron chi connectivity index (χ2n) is 3.64. The maximum absolute atomic E-state index is 12.4. The van der Waals surface area contributed by atoms with Crippen molar-refractivity contribution in [2.75, 3.05) is 0 Å². The molecule has 1 aromatic carbocycles. The molecule has 0 unspecified atom stereocenters. The molecule has 1 aromatic rings. The maximum atomic E-state index is 12.4. The highest BCUT2D eigenvalue weighted by atomic mass is 19.4. The van der Waals surface area contributed by atoms with E-state index >= 15 is 0 Å². The van der Waals surface area contributed by atoms with E-state index in [0.29, 0.717) is 12.1 Å². The maximum Gasteiger partial charge on any atom is 0.416 e. The average molecular weight is 293 g/mol. The molecule has 0 aliphatic rings. The molecule has 0 fully saturated rings. The van der Waals surface area contributed by atoms with Crippen molar-refractivity contribution in [2.45, 2.75) is 12.1 Å². The summed E-state index contributed by atoms with van der Waals surface area (Å²) < 4.78 is 37.3. The molecule has 10 heteroatoms. The molecule has 0 aromatic heterocycles. The van der Waals surface area contributed by atoms with Crippen LogP contribution in [0.15, 0.2) is 18.2 Å². The first-order valence-electron chi connectivity index (χ1n) is 4.87. The SMILES string of the molecule is O=C(O)C(C(=O)O)c1ccc(C(F)(F)F)cc1[N+](=O)[O-]. The number of benzene rings is 1. The highest BCUT2D eigenvalue weighted by Gasteiger charge is 2.38. The van der Waals surface area contributed by atoms with Gasteiger partial charge in [0.15, 0.2) is 5.92 Å². The van der Waals surface area contributed by atoms with E-state index in [4.69, 9.17) is 10.2 Å². The Hall–Kier alpha value is -2.65. The van der Waals surface area contributed by atoms with Crippen LogP contribution in [0.25, 0.3) is 0 Å². The van der Waals surface area contributed by atoms with E-state index in [-0.39, 0.29) is 6.07 Å². The van der Waals surface area contributed by atoms with Crippen LogP contribution in [0.4, 0.5) is 18.9 Å². The van der Waals surface area contributed by atoms with Gasteiger partial charge in [0.25, 0.3) is 5.69 Å². The number of nitro groups is 1. The average Bonchev–Trinajstić information content (AvgIpc) is 2.26. The zero-order valence-corrected chi connectivity index (χ0v) is 9.42. The number of alkyl halides is 3. The summed E-state index contributed by atoms with van der Waals surface area (Å²) in [5.74, 6) is -6.15. The molecule has 20 heavy (non-hydrogen) atoms. The molecular weight excluding hydrogens is 287 g/mol. The molecule has 0 radical (unpaired) electrons. The van der Waals surface area contributed by atoms with Gasteiger partial charge in [0, 0.05) is 6.07 Å². The van der Waals surface area contributed by atoms with Crippen LogP contribution in [0.5, 0.6) is 0 Å². The number of aliphatic carboxylic acids is 2. The molecular formula is C10H6F3NO6. The van der Waals surface area contributed by atoms with Crippen molar-refractivity contribution in [1.29, 1.82) is 0 Å². The molecule has 0 atom stereocenters. The molecule has 0 amide bonds. The van der Waals surface area contributed by atoms with E-state index in [0.717, 1.165) is 0 Å². The van der Waals surface area contributed by atoms with Crippen LogP contribution in [-0.4, -0.2) is 27.1 Å². The van der Waals surface area contributed by atoms with Crippen molar-refractivity contribution in [1.82, 2.24) is 0 Å². The lowest BCUT2D eigenvalue weighted by Crippen LogP contribution is -2.22. The number of nitro benzene ring substituents is 1. The van der Waals surface area contributed by atoms with Crippen LogP contribution >= 0.6 is 0 Å². The van der Waals surface area contributed by atoms with Gasteiger partial charge in [-0.05, 0) is 6.07 Å². The van der Waals surface area contributed by atoms with E-state index in [1.54, 1.807) is 0 Å². The predicted molar refractivity (Wildman–Crippen MR) is 56.1 cm³/mol. The number of carboxylic acid groups (broad SMARTS) is 2. The van der Waals surface area contributed by atoms with Gasteiger partial charge in [-0.25, -0.2) is 0 Å². The minimum Gasteiger partial charge on any atom is -0.480 e. The molecule has 2 N–H and O–H groups in total. The Bertz CT molecular complexity index is 569. The number of halogens is 3. The first-order chi connectivity index (χ1) is 9.05. The quantitative estimate of drug-likeness (QED) is 0.497. The van der Waals surface area contributed by atoms with Crippen molar-refractivity contribution in [3.05, 3.63) is 39.4 Å². The van der Waals surface area contributed by atoms with Gasteiger partial charge in [-0.1, -0.05) is 6.07 Å². The zero-order chi connectivity index (χ0) is 15.7.